The van der Waals surface area contributed by atoms with Gasteiger partial charge in [0, 0.05) is 18.7 Å². The third-order valence-corrected chi connectivity index (χ3v) is 4.35. The summed E-state index contributed by atoms with van der Waals surface area (Å²) >= 11 is 0. The maximum Gasteiger partial charge on any atom is 0.279 e. The molecule has 0 fully saturated rings. The number of hydrogen-bond acceptors (Lipinski definition) is 6. The van der Waals surface area contributed by atoms with Crippen molar-refractivity contribution in [1.82, 2.24) is 0 Å². The zero-order chi connectivity index (χ0) is 22.8. The summed E-state index contributed by atoms with van der Waals surface area (Å²) in [6.07, 6.45) is 3.24. The van der Waals surface area contributed by atoms with Crippen molar-refractivity contribution in [3.05, 3.63) is 59.5 Å². The first-order valence-corrected chi connectivity index (χ1v) is 10.0. The molecule has 3 N–H and O–H groups in total. The molecule has 8 heteroatoms. The summed E-state index contributed by atoms with van der Waals surface area (Å²) in [7, 11) is 1.44. The van der Waals surface area contributed by atoms with E-state index in [0.29, 0.717) is 22.8 Å². The van der Waals surface area contributed by atoms with E-state index in [1.807, 2.05) is 24.3 Å². The maximum absolute atomic E-state index is 12.7. The number of aliphatic hydroxyl groups excluding tert-OH is 1. The number of methoxy groups -OCH3 is 1. The molecule has 8 nitrogen and oxygen atoms in total. The van der Waals surface area contributed by atoms with Gasteiger partial charge in [-0.05, 0) is 49.6 Å². The number of carbonyl (C=O) groups excluding carboxylic acids is 2. The predicted octanol–water partition coefficient (Wildman–Crippen LogP) is 5.51. The number of nitrogens with zero attached hydrogens (tertiary/aromatic N) is 2. The average Bonchev–Trinajstić information content (AvgIpc) is 2.73. The standard InChI is InChI=1S/C23H28N4O4/c1-5-6-7-17-8-10-18(11-9-17)26-27-22(15(2)28)23(30)25-20-13-12-19(24-16(3)29)14-21(20)31-4/h8-14,28H,5-7H2,1-4H3,(H,24,29)(H,25,30)/b22-15+,27-26?. The number of carbonyl (C=O) groups is 2. The van der Waals surface area contributed by atoms with Crippen LogP contribution in [0.25, 0.3) is 0 Å². The van der Waals surface area contributed by atoms with E-state index in [4.69, 9.17) is 4.74 Å². The molecule has 0 aliphatic carbocycles. The number of benzene rings is 2. The smallest absolute Gasteiger partial charge is 0.279 e. The molecule has 0 aliphatic rings. The molecule has 2 aromatic rings. The van der Waals surface area contributed by atoms with Gasteiger partial charge >= 0.3 is 0 Å². The number of allylic oxidation sites excluding steroid dienone is 1. The Balaban J connectivity index is 2.15. The first-order chi connectivity index (χ1) is 14.8. The van der Waals surface area contributed by atoms with Crippen LogP contribution in [0, 0.1) is 0 Å². The highest BCUT2D eigenvalue weighted by molar-refractivity contribution is 6.04. The van der Waals surface area contributed by atoms with Gasteiger partial charge in [-0.1, -0.05) is 25.5 Å². The van der Waals surface area contributed by atoms with Gasteiger partial charge in [0.15, 0.2) is 5.70 Å². The number of ether oxygens (including phenoxy) is 1. The van der Waals surface area contributed by atoms with Gasteiger partial charge < -0.3 is 20.5 Å². The zero-order valence-electron chi connectivity index (χ0n) is 18.2. The quantitative estimate of drug-likeness (QED) is 0.280. The predicted molar refractivity (Wildman–Crippen MR) is 121 cm³/mol. The topological polar surface area (TPSA) is 112 Å². The van der Waals surface area contributed by atoms with Crippen molar-refractivity contribution in [3.8, 4) is 5.75 Å². The largest absolute Gasteiger partial charge is 0.510 e. The van der Waals surface area contributed by atoms with E-state index in [-0.39, 0.29) is 17.4 Å². The van der Waals surface area contributed by atoms with Gasteiger partial charge in [-0.25, -0.2) is 0 Å². The lowest BCUT2D eigenvalue weighted by atomic mass is 10.1. The minimum absolute atomic E-state index is 0.219. The molecule has 0 aromatic heterocycles. The van der Waals surface area contributed by atoms with Gasteiger partial charge in [-0.2, -0.15) is 5.11 Å². The van der Waals surface area contributed by atoms with Crippen LogP contribution in [0.15, 0.2) is 64.1 Å². The first-order valence-electron chi connectivity index (χ1n) is 10.0. The van der Waals surface area contributed by atoms with Crippen LogP contribution in [0.2, 0.25) is 0 Å². The van der Waals surface area contributed by atoms with E-state index >= 15 is 0 Å². The molecule has 0 atom stereocenters. The number of azo groups is 1. The molecule has 2 aromatic carbocycles. The molecule has 0 spiro atoms. The second kappa shape index (κ2) is 11.5. The van der Waals surface area contributed by atoms with Crippen molar-refractivity contribution >= 4 is 28.9 Å². The molecule has 0 aliphatic heterocycles. The van der Waals surface area contributed by atoms with E-state index in [0.717, 1.165) is 19.3 Å². The Morgan fingerprint density at radius 2 is 1.77 bits per heavy atom. The summed E-state index contributed by atoms with van der Waals surface area (Å²) < 4.78 is 5.28. The summed E-state index contributed by atoms with van der Waals surface area (Å²) in [6.45, 7) is 4.90. The van der Waals surface area contributed by atoms with Gasteiger partial charge in [-0.3, -0.25) is 9.59 Å². The minimum atomic E-state index is -0.645. The van der Waals surface area contributed by atoms with Gasteiger partial charge in [0.1, 0.15) is 11.5 Å². The van der Waals surface area contributed by atoms with E-state index in [1.54, 1.807) is 18.2 Å². The van der Waals surface area contributed by atoms with Crippen LogP contribution < -0.4 is 15.4 Å². The number of anilines is 2. The van der Waals surface area contributed by atoms with Crippen molar-refractivity contribution in [3.63, 3.8) is 0 Å². The maximum atomic E-state index is 12.7. The monoisotopic (exact) mass is 424 g/mol. The molecule has 2 amide bonds. The Kier molecular flexibility index (Phi) is 8.75. The Hall–Kier alpha value is -3.68. The number of unbranched alkanes of at least 4 members (excludes halogenated alkanes) is 1. The minimum Gasteiger partial charge on any atom is -0.510 e. The Morgan fingerprint density at radius 3 is 2.35 bits per heavy atom. The number of hydrogen-bond donors (Lipinski definition) is 3. The third kappa shape index (κ3) is 7.26. The third-order valence-electron chi connectivity index (χ3n) is 4.35. The molecule has 0 unspecified atom stereocenters. The van der Waals surface area contributed by atoms with Crippen LogP contribution in [0.4, 0.5) is 17.1 Å². The van der Waals surface area contributed by atoms with Crippen molar-refractivity contribution in [2.45, 2.75) is 40.0 Å². The second-order valence-corrected chi connectivity index (χ2v) is 6.95. The van der Waals surface area contributed by atoms with Crippen LogP contribution in [-0.2, 0) is 16.0 Å². The zero-order valence-corrected chi connectivity index (χ0v) is 18.2. The SMILES string of the molecule is CCCCc1ccc(N=N/C(C(=O)Nc2ccc(NC(C)=O)cc2OC)=C(\C)O)cc1. The van der Waals surface area contributed by atoms with Crippen LogP contribution in [0.3, 0.4) is 0 Å². The fraction of sp³-hybridized carbons (Fsp3) is 0.304. The fourth-order valence-corrected chi connectivity index (χ4v) is 2.76. The number of amides is 2. The molecule has 2 rings (SSSR count). The molecular formula is C23H28N4O4. The normalized spacial score (nSPS) is 11.7. The van der Waals surface area contributed by atoms with Crippen LogP contribution in [-0.4, -0.2) is 24.0 Å². The lowest BCUT2D eigenvalue weighted by Crippen LogP contribution is -2.15. The molecule has 0 saturated heterocycles. The van der Waals surface area contributed by atoms with Crippen molar-refractivity contribution in [1.29, 1.82) is 0 Å². The highest BCUT2D eigenvalue weighted by atomic mass is 16.5. The van der Waals surface area contributed by atoms with Crippen molar-refractivity contribution < 1.29 is 19.4 Å². The summed E-state index contributed by atoms with van der Waals surface area (Å²) in [5.74, 6) is -0.795. The van der Waals surface area contributed by atoms with Crippen LogP contribution in [0.5, 0.6) is 5.75 Å². The van der Waals surface area contributed by atoms with Crippen LogP contribution in [0.1, 0.15) is 39.2 Å². The van der Waals surface area contributed by atoms with E-state index in [2.05, 4.69) is 27.8 Å². The lowest BCUT2D eigenvalue weighted by molar-refractivity contribution is -0.114. The number of rotatable bonds is 9. The highest BCUT2D eigenvalue weighted by Crippen LogP contribution is 2.29. The summed E-state index contributed by atoms with van der Waals surface area (Å²) in [6, 6.07) is 12.4. The second-order valence-electron chi connectivity index (χ2n) is 6.95. The Morgan fingerprint density at radius 1 is 1.06 bits per heavy atom. The number of aryl methyl sites for hydroxylation is 1. The summed E-state index contributed by atoms with van der Waals surface area (Å²) in [5.41, 5.74) is 2.45. The van der Waals surface area contributed by atoms with Crippen LogP contribution >= 0.6 is 0 Å². The highest BCUT2D eigenvalue weighted by Gasteiger charge is 2.16. The first kappa shape index (κ1) is 23.6. The van der Waals surface area contributed by atoms with Crippen molar-refractivity contribution in [2.75, 3.05) is 17.7 Å². The summed E-state index contributed by atoms with van der Waals surface area (Å²) in [4.78, 5) is 23.9. The number of nitrogens with one attached hydrogen (secondary N) is 2. The van der Waals surface area contributed by atoms with E-state index in [9.17, 15) is 14.7 Å². The summed E-state index contributed by atoms with van der Waals surface area (Å²) in [5, 5.41) is 23.2. The average molecular weight is 425 g/mol. The van der Waals surface area contributed by atoms with Gasteiger partial charge in [-0.15, -0.1) is 5.11 Å². The molecule has 0 bridgehead atoms. The Labute approximate surface area is 182 Å². The number of aliphatic hydroxyl groups is 1. The van der Waals surface area contributed by atoms with Crippen molar-refractivity contribution in [2.24, 2.45) is 10.2 Å². The fourth-order valence-electron chi connectivity index (χ4n) is 2.76. The van der Waals surface area contributed by atoms with E-state index in [1.165, 1.54) is 26.5 Å². The molecule has 0 saturated carbocycles. The van der Waals surface area contributed by atoms with Gasteiger partial charge in [0.25, 0.3) is 5.91 Å². The van der Waals surface area contributed by atoms with Gasteiger partial charge in [0.2, 0.25) is 5.91 Å². The van der Waals surface area contributed by atoms with E-state index < -0.39 is 5.91 Å². The molecule has 164 valence electrons. The Bertz CT molecular complexity index is 978. The molecule has 0 radical (unpaired) electrons. The van der Waals surface area contributed by atoms with Gasteiger partial charge in [0.05, 0.1) is 18.5 Å². The molecule has 0 heterocycles. The lowest BCUT2D eigenvalue weighted by Gasteiger charge is -2.12. The molecule has 31 heavy (non-hydrogen) atoms. The molecular weight excluding hydrogens is 396 g/mol.